The van der Waals surface area contributed by atoms with Crippen molar-refractivity contribution < 1.29 is 4.79 Å². The zero-order valence-electron chi connectivity index (χ0n) is 16.5. The van der Waals surface area contributed by atoms with Crippen LogP contribution in [0.15, 0.2) is 29.3 Å². The lowest BCUT2D eigenvalue weighted by Crippen LogP contribution is -2.26. The van der Waals surface area contributed by atoms with E-state index in [2.05, 4.69) is 10.3 Å². The van der Waals surface area contributed by atoms with Gasteiger partial charge in [0.05, 0.1) is 11.9 Å². The van der Waals surface area contributed by atoms with Crippen molar-refractivity contribution in [3.63, 3.8) is 0 Å². The fourth-order valence-corrected chi connectivity index (χ4v) is 5.03. The second kappa shape index (κ2) is 7.51. The number of fused-ring (bicyclic) bond motifs is 1. The lowest BCUT2D eigenvalue weighted by Gasteiger charge is -2.23. The maximum Gasteiger partial charge on any atom is 0.271 e. The number of amides is 1. The van der Waals surface area contributed by atoms with E-state index in [1.54, 1.807) is 10.9 Å². The van der Waals surface area contributed by atoms with Crippen molar-refractivity contribution >= 4 is 33.1 Å². The van der Waals surface area contributed by atoms with Crippen LogP contribution in [0, 0.1) is 20.8 Å². The summed E-state index contributed by atoms with van der Waals surface area (Å²) >= 11 is 1.37. The lowest BCUT2D eigenvalue weighted by molar-refractivity contribution is 0.102. The summed E-state index contributed by atoms with van der Waals surface area (Å²) in [5, 5.41) is 2.96. The van der Waals surface area contributed by atoms with E-state index in [-0.39, 0.29) is 17.5 Å². The Hall–Kier alpha value is -2.47. The number of nitrogens with one attached hydrogen (secondary N) is 1. The number of anilines is 1. The highest BCUT2D eigenvalue weighted by atomic mass is 32.1. The minimum absolute atomic E-state index is 0.0183. The quantitative estimate of drug-likeness (QED) is 0.668. The van der Waals surface area contributed by atoms with Crippen LogP contribution < -0.4 is 10.9 Å². The molecular weight excluding hydrogens is 370 g/mol. The van der Waals surface area contributed by atoms with E-state index in [9.17, 15) is 9.59 Å². The topological polar surface area (TPSA) is 64.0 Å². The van der Waals surface area contributed by atoms with Gasteiger partial charge in [0.1, 0.15) is 10.2 Å². The molecule has 4 rings (SSSR count). The van der Waals surface area contributed by atoms with Crippen molar-refractivity contribution in [2.75, 3.05) is 5.32 Å². The van der Waals surface area contributed by atoms with E-state index in [0.717, 1.165) is 41.8 Å². The molecule has 0 bridgehead atoms. The lowest BCUT2D eigenvalue weighted by atomic mass is 9.95. The van der Waals surface area contributed by atoms with E-state index in [1.807, 2.05) is 39.0 Å². The van der Waals surface area contributed by atoms with Gasteiger partial charge >= 0.3 is 0 Å². The van der Waals surface area contributed by atoms with Crippen LogP contribution in [0.2, 0.25) is 0 Å². The van der Waals surface area contributed by atoms with Gasteiger partial charge in [-0.05, 0) is 56.9 Å². The molecule has 5 nitrogen and oxygen atoms in total. The molecule has 1 saturated carbocycles. The molecule has 0 aliphatic heterocycles. The minimum Gasteiger partial charge on any atom is -0.322 e. The fraction of sp³-hybridized carbons (Fsp3) is 0.409. The van der Waals surface area contributed by atoms with Gasteiger partial charge in [-0.15, -0.1) is 11.3 Å². The van der Waals surface area contributed by atoms with Gasteiger partial charge in [0.2, 0.25) is 0 Å². The van der Waals surface area contributed by atoms with Crippen molar-refractivity contribution in [1.29, 1.82) is 0 Å². The molecule has 1 fully saturated rings. The van der Waals surface area contributed by atoms with Crippen LogP contribution >= 0.6 is 11.3 Å². The molecule has 1 aliphatic carbocycles. The molecule has 146 valence electrons. The molecule has 1 amide bonds. The first-order valence-electron chi connectivity index (χ1n) is 9.84. The van der Waals surface area contributed by atoms with Crippen LogP contribution in [-0.4, -0.2) is 15.5 Å². The maximum absolute atomic E-state index is 13.1. The third-order valence-corrected chi connectivity index (χ3v) is 6.84. The monoisotopic (exact) mass is 395 g/mol. The van der Waals surface area contributed by atoms with Gasteiger partial charge in [0.25, 0.3) is 11.5 Å². The third kappa shape index (κ3) is 3.37. The van der Waals surface area contributed by atoms with Crippen molar-refractivity contribution in [3.8, 4) is 0 Å². The van der Waals surface area contributed by atoms with E-state index in [1.165, 1.54) is 23.3 Å². The summed E-state index contributed by atoms with van der Waals surface area (Å²) in [7, 11) is 0. The Bertz CT molecular complexity index is 1110. The van der Waals surface area contributed by atoms with Crippen LogP contribution in [0.3, 0.4) is 0 Å². The number of aromatic nitrogens is 2. The number of rotatable bonds is 3. The van der Waals surface area contributed by atoms with Gasteiger partial charge in [0.15, 0.2) is 0 Å². The van der Waals surface area contributed by atoms with Gasteiger partial charge in [-0.1, -0.05) is 25.3 Å². The summed E-state index contributed by atoms with van der Waals surface area (Å²) in [5.41, 5.74) is 4.06. The molecule has 28 heavy (non-hydrogen) atoms. The Balaban J connectivity index is 1.70. The predicted octanol–water partition coefficient (Wildman–Crippen LogP) is 5.14. The average Bonchev–Trinajstić information content (AvgIpc) is 3.03. The zero-order valence-corrected chi connectivity index (χ0v) is 17.4. The highest BCUT2D eigenvalue weighted by Crippen LogP contribution is 2.31. The van der Waals surface area contributed by atoms with Crippen molar-refractivity contribution in [3.05, 3.63) is 56.4 Å². The van der Waals surface area contributed by atoms with E-state index < -0.39 is 0 Å². The van der Waals surface area contributed by atoms with Crippen molar-refractivity contribution in [2.45, 2.75) is 58.9 Å². The number of nitrogens with zero attached hydrogens (tertiary/aromatic N) is 2. The first-order valence-corrected chi connectivity index (χ1v) is 10.7. The van der Waals surface area contributed by atoms with E-state index >= 15 is 0 Å². The van der Waals surface area contributed by atoms with Crippen LogP contribution in [0.25, 0.3) is 10.2 Å². The largest absolute Gasteiger partial charge is 0.322 e. The molecule has 3 aromatic rings. The summed E-state index contributed by atoms with van der Waals surface area (Å²) in [6.45, 7) is 5.94. The average molecular weight is 396 g/mol. The number of hydrogen-bond acceptors (Lipinski definition) is 4. The summed E-state index contributed by atoms with van der Waals surface area (Å²) in [6.07, 6.45) is 7.24. The highest BCUT2D eigenvalue weighted by molar-refractivity contribution is 7.19. The van der Waals surface area contributed by atoms with Crippen LogP contribution in [-0.2, 0) is 0 Å². The predicted molar refractivity (Wildman–Crippen MR) is 115 cm³/mol. The Morgan fingerprint density at radius 3 is 2.61 bits per heavy atom. The molecule has 1 N–H and O–H groups in total. The van der Waals surface area contributed by atoms with Crippen molar-refractivity contribution in [2.24, 2.45) is 0 Å². The first kappa shape index (κ1) is 18.9. The maximum atomic E-state index is 13.1. The fourth-order valence-electron chi connectivity index (χ4n) is 3.99. The molecule has 1 aromatic carbocycles. The Kier molecular flexibility index (Phi) is 5.06. The molecule has 0 unspecified atom stereocenters. The van der Waals surface area contributed by atoms with Gasteiger partial charge in [-0.25, -0.2) is 4.98 Å². The van der Waals surface area contributed by atoms with Gasteiger partial charge in [-0.3, -0.25) is 14.2 Å². The number of aryl methyl sites for hydroxylation is 3. The first-order chi connectivity index (χ1) is 13.5. The highest BCUT2D eigenvalue weighted by Gasteiger charge is 2.23. The standard InChI is InChI=1S/C22H25N3O2S/c1-13-9-10-16(11-14(13)2)24-21(26)18-15(3)28-20-19(18)23-12-25(22(20)27)17-7-5-4-6-8-17/h9-12,17H,4-8H2,1-3H3,(H,24,26). The van der Waals surface area contributed by atoms with Crippen LogP contribution in [0.4, 0.5) is 5.69 Å². The molecule has 2 aromatic heterocycles. The zero-order chi connectivity index (χ0) is 19.8. The number of carbonyl (C=O) groups excluding carboxylic acids is 1. The molecule has 0 spiro atoms. The normalized spacial score (nSPS) is 15.1. The number of carbonyl (C=O) groups is 1. The number of thiophene rings is 1. The second-order valence-corrected chi connectivity index (χ2v) is 8.94. The Morgan fingerprint density at radius 2 is 1.89 bits per heavy atom. The minimum atomic E-state index is -0.214. The summed E-state index contributed by atoms with van der Waals surface area (Å²) < 4.78 is 2.36. The summed E-state index contributed by atoms with van der Waals surface area (Å²) in [5.74, 6) is -0.214. The SMILES string of the molecule is Cc1ccc(NC(=O)c2c(C)sc3c(=O)n(C4CCCCC4)cnc23)cc1C. The van der Waals surface area contributed by atoms with E-state index in [4.69, 9.17) is 0 Å². The Labute approximate surface area is 168 Å². The molecule has 1 aliphatic rings. The van der Waals surface area contributed by atoms with Crippen molar-refractivity contribution in [1.82, 2.24) is 9.55 Å². The van der Waals surface area contributed by atoms with Gasteiger partial charge < -0.3 is 5.32 Å². The van der Waals surface area contributed by atoms with Crippen LogP contribution in [0.1, 0.15) is 64.5 Å². The molecule has 0 radical (unpaired) electrons. The number of benzene rings is 1. The van der Waals surface area contributed by atoms with Crippen LogP contribution in [0.5, 0.6) is 0 Å². The van der Waals surface area contributed by atoms with E-state index in [0.29, 0.717) is 15.8 Å². The van der Waals surface area contributed by atoms with Gasteiger partial charge in [-0.2, -0.15) is 0 Å². The third-order valence-electron chi connectivity index (χ3n) is 5.76. The summed E-state index contributed by atoms with van der Waals surface area (Å²) in [6, 6.07) is 6.08. The Morgan fingerprint density at radius 1 is 1.14 bits per heavy atom. The number of hydrogen-bond donors (Lipinski definition) is 1. The molecule has 0 saturated heterocycles. The second-order valence-electron chi connectivity index (χ2n) is 7.71. The molecule has 0 atom stereocenters. The molecule has 2 heterocycles. The summed E-state index contributed by atoms with van der Waals surface area (Å²) in [4.78, 5) is 31.4. The molecule has 6 heteroatoms. The molecular formula is C22H25N3O2S. The smallest absolute Gasteiger partial charge is 0.271 e. The van der Waals surface area contributed by atoms with Gasteiger partial charge in [0, 0.05) is 16.6 Å².